The summed E-state index contributed by atoms with van der Waals surface area (Å²) in [5.41, 5.74) is 2.03. The highest BCUT2D eigenvalue weighted by Gasteiger charge is 2.30. The molecule has 2 aromatic rings. The van der Waals surface area contributed by atoms with Gasteiger partial charge < -0.3 is 0 Å². The smallest absolute Gasteiger partial charge is 0.135 e. The van der Waals surface area contributed by atoms with Crippen LogP contribution in [-0.4, -0.2) is 5.78 Å². The van der Waals surface area contributed by atoms with Gasteiger partial charge in [0.25, 0.3) is 0 Å². The number of carbonyl (C=O) groups excluding carboxylic acids is 1. The molecule has 1 heterocycles. The zero-order valence-electron chi connectivity index (χ0n) is 11.9. The molecular weight excluding hydrogens is 394 g/mol. The Morgan fingerprint density at radius 3 is 1.57 bits per heavy atom. The van der Waals surface area contributed by atoms with Gasteiger partial charge in [0.1, 0.15) is 5.78 Å². The Bertz CT molecular complexity index is 701. The lowest BCUT2D eigenvalue weighted by Gasteiger charge is -2.29. The first-order valence-corrected chi connectivity index (χ1v) is 9.46. The van der Waals surface area contributed by atoms with E-state index in [0.717, 1.165) is 11.1 Å². The van der Waals surface area contributed by atoms with Gasteiger partial charge in [-0.15, -0.1) is 11.8 Å². The average Bonchev–Trinajstić information content (AvgIpc) is 2.52. The topological polar surface area (TPSA) is 17.1 Å². The summed E-state index contributed by atoms with van der Waals surface area (Å²) in [6, 6.07) is 11.1. The number of halogens is 4. The number of benzene rings is 2. The zero-order valence-corrected chi connectivity index (χ0v) is 15.7. The molecule has 1 aliphatic heterocycles. The lowest BCUT2D eigenvalue weighted by molar-refractivity contribution is -0.119. The Hall–Kier alpha value is -0.380. The minimum absolute atomic E-state index is 0.0606. The van der Waals surface area contributed by atoms with Crippen LogP contribution in [-0.2, 0) is 4.79 Å². The van der Waals surface area contributed by atoms with Crippen LogP contribution in [0.15, 0.2) is 36.4 Å². The lowest BCUT2D eigenvalue weighted by Crippen LogP contribution is -2.16. The van der Waals surface area contributed by atoms with E-state index in [9.17, 15) is 4.79 Å². The summed E-state index contributed by atoms with van der Waals surface area (Å²) in [5, 5.41) is 2.17. The number of hydrogen-bond donors (Lipinski definition) is 0. The van der Waals surface area contributed by atoms with Crippen molar-refractivity contribution in [3.05, 3.63) is 67.6 Å². The first kappa shape index (κ1) is 17.4. The molecule has 3 rings (SSSR count). The normalized spacial score (nSPS) is 21.5. The maximum atomic E-state index is 12.2. The maximum Gasteiger partial charge on any atom is 0.135 e. The van der Waals surface area contributed by atoms with Crippen molar-refractivity contribution in [1.82, 2.24) is 0 Å². The summed E-state index contributed by atoms with van der Waals surface area (Å²) in [7, 11) is 0. The highest BCUT2D eigenvalue weighted by Crippen LogP contribution is 2.49. The van der Waals surface area contributed by atoms with Crippen molar-refractivity contribution in [3.8, 4) is 0 Å². The Morgan fingerprint density at radius 1 is 0.739 bits per heavy atom. The second kappa shape index (κ2) is 7.25. The molecule has 0 N–H and O–H groups in total. The third kappa shape index (κ3) is 4.00. The van der Waals surface area contributed by atoms with Crippen LogP contribution in [0.4, 0.5) is 0 Å². The van der Waals surface area contributed by atoms with Crippen LogP contribution in [0.3, 0.4) is 0 Å². The molecule has 0 bridgehead atoms. The van der Waals surface area contributed by atoms with Gasteiger partial charge in [0.2, 0.25) is 0 Å². The number of Topliss-reactive ketones (excluding diaryl/α,β-unsaturated/α-hetero) is 1. The van der Waals surface area contributed by atoms with Crippen molar-refractivity contribution in [3.63, 3.8) is 0 Å². The van der Waals surface area contributed by atoms with Gasteiger partial charge in [-0.05, 0) is 35.4 Å². The first-order chi connectivity index (χ1) is 10.9. The van der Waals surface area contributed by atoms with Crippen LogP contribution in [0.2, 0.25) is 20.1 Å². The maximum absolute atomic E-state index is 12.2. The molecule has 0 amide bonds. The molecule has 23 heavy (non-hydrogen) atoms. The van der Waals surface area contributed by atoms with E-state index in [-0.39, 0.29) is 16.3 Å². The summed E-state index contributed by atoms with van der Waals surface area (Å²) < 4.78 is 0. The molecule has 0 radical (unpaired) electrons. The fourth-order valence-electron chi connectivity index (χ4n) is 2.61. The molecular formula is C17H12Cl4OS. The minimum atomic E-state index is 0.0606. The summed E-state index contributed by atoms with van der Waals surface area (Å²) in [4.78, 5) is 12.2. The highest BCUT2D eigenvalue weighted by atomic mass is 35.5. The molecule has 2 aromatic carbocycles. The van der Waals surface area contributed by atoms with E-state index in [0.29, 0.717) is 32.9 Å². The van der Waals surface area contributed by atoms with Crippen molar-refractivity contribution in [2.45, 2.75) is 23.3 Å². The fraction of sp³-hybridized carbons (Fsp3) is 0.235. The van der Waals surface area contributed by atoms with Crippen LogP contribution < -0.4 is 0 Å². The van der Waals surface area contributed by atoms with Crippen molar-refractivity contribution < 1.29 is 4.79 Å². The van der Waals surface area contributed by atoms with Crippen molar-refractivity contribution >= 4 is 63.9 Å². The molecule has 1 saturated heterocycles. The Balaban J connectivity index is 1.87. The summed E-state index contributed by atoms with van der Waals surface area (Å²) in [6.45, 7) is 0. The van der Waals surface area contributed by atoms with Crippen LogP contribution in [0.1, 0.15) is 34.5 Å². The quantitative estimate of drug-likeness (QED) is 0.526. The van der Waals surface area contributed by atoms with Crippen LogP contribution in [0.25, 0.3) is 0 Å². The Labute approximate surface area is 159 Å². The molecule has 1 aliphatic rings. The summed E-state index contributed by atoms with van der Waals surface area (Å²) in [6.07, 6.45) is 1.00. The molecule has 0 aromatic heterocycles. The van der Waals surface area contributed by atoms with Gasteiger partial charge in [0.05, 0.1) is 20.1 Å². The van der Waals surface area contributed by atoms with E-state index in [2.05, 4.69) is 0 Å². The predicted molar refractivity (Wildman–Crippen MR) is 100 cm³/mol. The molecule has 120 valence electrons. The molecule has 1 fully saturated rings. The van der Waals surface area contributed by atoms with Crippen molar-refractivity contribution in [2.75, 3.05) is 0 Å². The second-order valence-corrected chi connectivity index (χ2v) is 8.45. The zero-order chi connectivity index (χ0) is 16.6. The van der Waals surface area contributed by atoms with E-state index in [1.165, 1.54) is 0 Å². The fourth-order valence-corrected chi connectivity index (χ4v) is 4.79. The van der Waals surface area contributed by atoms with Gasteiger partial charge >= 0.3 is 0 Å². The Morgan fingerprint density at radius 2 is 1.17 bits per heavy atom. The third-order valence-corrected chi connectivity index (χ3v) is 6.80. The van der Waals surface area contributed by atoms with E-state index >= 15 is 0 Å². The van der Waals surface area contributed by atoms with Crippen LogP contribution in [0.5, 0.6) is 0 Å². The standard InChI is InChI=1S/C17H12Cl4OS/c18-12-3-1-9(5-14(12)20)16-7-11(22)8-17(23-16)10-2-4-13(19)15(21)6-10/h1-6,16-17H,7-8H2/t16-,17-/m1/s1. The van der Waals surface area contributed by atoms with E-state index in [4.69, 9.17) is 46.4 Å². The van der Waals surface area contributed by atoms with Crippen LogP contribution in [0, 0.1) is 0 Å². The highest BCUT2D eigenvalue weighted by molar-refractivity contribution is 7.99. The third-order valence-electron chi connectivity index (χ3n) is 3.79. The number of rotatable bonds is 2. The molecule has 6 heteroatoms. The van der Waals surface area contributed by atoms with Gasteiger partial charge in [0.15, 0.2) is 0 Å². The predicted octanol–water partition coefficient (Wildman–Crippen LogP) is 7.18. The first-order valence-electron chi connectivity index (χ1n) is 7.01. The number of carbonyl (C=O) groups is 1. The van der Waals surface area contributed by atoms with E-state index < -0.39 is 0 Å². The molecule has 0 unspecified atom stereocenters. The lowest BCUT2D eigenvalue weighted by atomic mass is 10.0. The molecule has 1 nitrogen and oxygen atoms in total. The van der Waals surface area contributed by atoms with Crippen LogP contribution >= 0.6 is 58.2 Å². The van der Waals surface area contributed by atoms with E-state index in [1.807, 2.05) is 24.3 Å². The van der Waals surface area contributed by atoms with E-state index in [1.54, 1.807) is 23.9 Å². The van der Waals surface area contributed by atoms with Crippen molar-refractivity contribution in [1.29, 1.82) is 0 Å². The van der Waals surface area contributed by atoms with Crippen molar-refractivity contribution in [2.24, 2.45) is 0 Å². The summed E-state index contributed by atoms with van der Waals surface area (Å²) in [5.74, 6) is 0.232. The number of hydrogen-bond acceptors (Lipinski definition) is 2. The second-order valence-electron chi connectivity index (χ2n) is 5.41. The van der Waals surface area contributed by atoms with Gasteiger partial charge in [-0.1, -0.05) is 58.5 Å². The van der Waals surface area contributed by atoms with Gasteiger partial charge in [-0.2, -0.15) is 0 Å². The summed E-state index contributed by atoms with van der Waals surface area (Å²) >= 11 is 25.9. The van der Waals surface area contributed by atoms with Gasteiger partial charge in [-0.25, -0.2) is 0 Å². The average molecular weight is 406 g/mol. The monoisotopic (exact) mass is 404 g/mol. The Kier molecular flexibility index (Phi) is 5.49. The number of thioether (sulfide) groups is 1. The molecule has 2 atom stereocenters. The molecule has 0 saturated carbocycles. The molecule has 0 aliphatic carbocycles. The minimum Gasteiger partial charge on any atom is -0.300 e. The van der Waals surface area contributed by atoms with Gasteiger partial charge in [0, 0.05) is 23.3 Å². The number of ketones is 1. The van der Waals surface area contributed by atoms with Gasteiger partial charge in [-0.3, -0.25) is 4.79 Å². The largest absolute Gasteiger partial charge is 0.300 e. The SMILES string of the molecule is O=C1C[C@H](c2ccc(Cl)c(Cl)c2)S[C@@H](c2ccc(Cl)c(Cl)c2)C1. The molecule has 0 spiro atoms.